The number of rotatable bonds is 8. The highest BCUT2D eigenvalue weighted by atomic mass is 16.5. The topological polar surface area (TPSA) is 39.1 Å². The molecule has 0 spiro atoms. The fourth-order valence-electron chi connectivity index (χ4n) is 2.17. The zero-order valence-electron chi connectivity index (χ0n) is 13.3. The third-order valence-corrected chi connectivity index (χ3v) is 3.81. The fourth-order valence-corrected chi connectivity index (χ4v) is 2.17. The van der Waals surface area contributed by atoms with E-state index in [1.807, 2.05) is 11.7 Å². The first-order chi connectivity index (χ1) is 8.94. The highest BCUT2D eigenvalue weighted by Gasteiger charge is 2.29. The molecule has 0 aliphatic heterocycles. The molecule has 0 radical (unpaired) electrons. The fraction of sp³-hybridized carbons (Fsp3) is 0.800. The lowest BCUT2D eigenvalue weighted by Gasteiger charge is -2.34. The number of ether oxygens (including phenoxy) is 1. The molecule has 0 bridgehead atoms. The number of aromatic nitrogens is 2. The summed E-state index contributed by atoms with van der Waals surface area (Å²) in [5.41, 5.74) is 2.23. The predicted octanol–water partition coefficient (Wildman–Crippen LogP) is 2.32. The average molecular weight is 267 g/mol. The van der Waals surface area contributed by atoms with Crippen LogP contribution in [0.1, 0.15) is 45.5 Å². The lowest BCUT2D eigenvalue weighted by atomic mass is 9.93. The van der Waals surface area contributed by atoms with E-state index in [0.29, 0.717) is 0 Å². The average Bonchev–Trinajstić information content (AvgIpc) is 2.75. The van der Waals surface area contributed by atoms with Gasteiger partial charge < -0.3 is 10.1 Å². The second-order valence-electron chi connectivity index (χ2n) is 5.62. The molecule has 0 aliphatic rings. The van der Waals surface area contributed by atoms with E-state index in [9.17, 15) is 0 Å². The minimum Gasteiger partial charge on any atom is -0.377 e. The molecule has 110 valence electrons. The lowest BCUT2D eigenvalue weighted by Crippen LogP contribution is -2.50. The van der Waals surface area contributed by atoms with Gasteiger partial charge in [-0.1, -0.05) is 13.8 Å². The van der Waals surface area contributed by atoms with Crippen LogP contribution in [0.25, 0.3) is 0 Å². The van der Waals surface area contributed by atoms with E-state index in [0.717, 1.165) is 31.5 Å². The van der Waals surface area contributed by atoms with Crippen LogP contribution in [0.2, 0.25) is 0 Å². The highest BCUT2D eigenvalue weighted by molar-refractivity contribution is 5.12. The molecule has 1 rings (SSSR count). The minimum atomic E-state index is -0.189. The van der Waals surface area contributed by atoms with Crippen molar-refractivity contribution in [1.29, 1.82) is 0 Å². The Morgan fingerprint density at radius 1 is 1.42 bits per heavy atom. The molecule has 1 N–H and O–H groups in total. The van der Waals surface area contributed by atoms with Crippen molar-refractivity contribution in [2.75, 3.05) is 13.7 Å². The van der Waals surface area contributed by atoms with Crippen molar-refractivity contribution in [2.24, 2.45) is 7.05 Å². The van der Waals surface area contributed by atoms with Crippen LogP contribution in [0.15, 0.2) is 6.07 Å². The van der Waals surface area contributed by atoms with E-state index in [1.165, 1.54) is 5.69 Å². The summed E-state index contributed by atoms with van der Waals surface area (Å²) in [6, 6.07) is 2.49. The summed E-state index contributed by atoms with van der Waals surface area (Å²) < 4.78 is 7.64. The van der Waals surface area contributed by atoms with Crippen molar-refractivity contribution in [1.82, 2.24) is 15.1 Å². The molecule has 4 nitrogen and oxygen atoms in total. The van der Waals surface area contributed by atoms with Crippen LogP contribution >= 0.6 is 0 Å². The number of hydrogen-bond acceptors (Lipinski definition) is 3. The maximum absolute atomic E-state index is 5.65. The SMILES string of the molecule is CCCNC(Cc1cc(CC)nn1C)C(C)(C)OC. The first kappa shape index (κ1) is 16.2. The van der Waals surface area contributed by atoms with Crippen LogP contribution in [0.5, 0.6) is 0 Å². The number of hydrogen-bond donors (Lipinski definition) is 1. The second kappa shape index (κ2) is 7.06. The van der Waals surface area contributed by atoms with E-state index in [1.54, 1.807) is 7.11 Å². The van der Waals surface area contributed by atoms with Crippen LogP contribution in [0.3, 0.4) is 0 Å². The van der Waals surface area contributed by atoms with Gasteiger partial charge in [-0.15, -0.1) is 0 Å². The minimum absolute atomic E-state index is 0.189. The second-order valence-corrected chi connectivity index (χ2v) is 5.62. The van der Waals surface area contributed by atoms with Gasteiger partial charge in [0.05, 0.1) is 11.3 Å². The molecule has 19 heavy (non-hydrogen) atoms. The molecule has 4 heteroatoms. The Morgan fingerprint density at radius 2 is 2.11 bits per heavy atom. The zero-order chi connectivity index (χ0) is 14.5. The molecule has 0 saturated carbocycles. The van der Waals surface area contributed by atoms with Gasteiger partial charge in [-0.2, -0.15) is 5.10 Å². The van der Waals surface area contributed by atoms with Crippen LogP contribution in [-0.2, 0) is 24.6 Å². The molecule has 0 amide bonds. The van der Waals surface area contributed by atoms with Crippen LogP contribution in [-0.4, -0.2) is 35.1 Å². The van der Waals surface area contributed by atoms with Crippen molar-refractivity contribution in [3.05, 3.63) is 17.5 Å². The van der Waals surface area contributed by atoms with Gasteiger partial charge in [-0.05, 0) is 39.3 Å². The normalized spacial score (nSPS) is 13.8. The van der Waals surface area contributed by atoms with Gasteiger partial charge in [0.25, 0.3) is 0 Å². The van der Waals surface area contributed by atoms with E-state index >= 15 is 0 Å². The Labute approximate surface area is 117 Å². The summed E-state index contributed by atoms with van der Waals surface area (Å²) in [5.74, 6) is 0. The quantitative estimate of drug-likeness (QED) is 0.785. The Hall–Kier alpha value is -0.870. The molecule has 0 aromatic carbocycles. The zero-order valence-corrected chi connectivity index (χ0v) is 13.3. The van der Waals surface area contributed by atoms with Crippen molar-refractivity contribution < 1.29 is 4.74 Å². The number of methoxy groups -OCH3 is 1. The third-order valence-electron chi connectivity index (χ3n) is 3.81. The van der Waals surface area contributed by atoms with Crippen LogP contribution in [0, 0.1) is 0 Å². The molecule has 1 heterocycles. The summed E-state index contributed by atoms with van der Waals surface area (Å²) in [4.78, 5) is 0. The van der Waals surface area contributed by atoms with Crippen molar-refractivity contribution in [3.8, 4) is 0 Å². The Bertz CT molecular complexity index is 385. The smallest absolute Gasteiger partial charge is 0.0778 e. The molecule has 1 unspecified atom stereocenters. The molecule has 0 fully saturated rings. The van der Waals surface area contributed by atoms with Crippen molar-refractivity contribution in [3.63, 3.8) is 0 Å². The van der Waals surface area contributed by atoms with Crippen LogP contribution in [0.4, 0.5) is 0 Å². The monoisotopic (exact) mass is 267 g/mol. The van der Waals surface area contributed by atoms with Gasteiger partial charge in [0.2, 0.25) is 0 Å². The van der Waals surface area contributed by atoms with Gasteiger partial charge in [-0.3, -0.25) is 4.68 Å². The maximum Gasteiger partial charge on any atom is 0.0778 e. The van der Waals surface area contributed by atoms with Gasteiger partial charge in [-0.25, -0.2) is 0 Å². The van der Waals surface area contributed by atoms with Gasteiger partial charge in [0.1, 0.15) is 0 Å². The maximum atomic E-state index is 5.65. The largest absolute Gasteiger partial charge is 0.377 e. The number of nitrogens with one attached hydrogen (secondary N) is 1. The molecule has 1 aromatic rings. The number of nitrogens with zero attached hydrogens (tertiary/aromatic N) is 2. The van der Waals surface area contributed by atoms with E-state index in [4.69, 9.17) is 4.74 Å². The van der Waals surface area contributed by atoms with Gasteiger partial charge in [0.15, 0.2) is 0 Å². The lowest BCUT2D eigenvalue weighted by molar-refractivity contribution is -0.0104. The number of aryl methyl sites for hydroxylation is 2. The highest BCUT2D eigenvalue weighted by Crippen LogP contribution is 2.18. The summed E-state index contributed by atoms with van der Waals surface area (Å²) in [7, 11) is 3.80. The van der Waals surface area contributed by atoms with E-state index < -0.39 is 0 Å². The molecular formula is C15H29N3O. The first-order valence-corrected chi connectivity index (χ1v) is 7.24. The molecule has 0 aliphatic carbocycles. The molecule has 1 atom stereocenters. The third kappa shape index (κ3) is 4.32. The van der Waals surface area contributed by atoms with E-state index in [-0.39, 0.29) is 11.6 Å². The predicted molar refractivity (Wildman–Crippen MR) is 79.5 cm³/mol. The Balaban J connectivity index is 2.84. The van der Waals surface area contributed by atoms with Gasteiger partial charge in [0, 0.05) is 32.3 Å². The molecular weight excluding hydrogens is 238 g/mol. The van der Waals surface area contributed by atoms with E-state index in [2.05, 4.69) is 44.2 Å². The first-order valence-electron chi connectivity index (χ1n) is 7.24. The Morgan fingerprint density at radius 3 is 2.58 bits per heavy atom. The molecule has 1 aromatic heterocycles. The summed E-state index contributed by atoms with van der Waals surface area (Å²) >= 11 is 0. The molecule has 0 saturated heterocycles. The van der Waals surface area contributed by atoms with Crippen LogP contribution < -0.4 is 5.32 Å². The van der Waals surface area contributed by atoms with Crippen molar-refractivity contribution >= 4 is 0 Å². The summed E-state index contributed by atoms with van der Waals surface area (Å²) in [6.45, 7) is 9.60. The Kier molecular flexibility index (Phi) is 6.01. The standard InChI is InChI=1S/C15H29N3O/c1-7-9-16-14(15(3,4)19-6)11-13-10-12(8-2)17-18(13)5/h10,14,16H,7-9,11H2,1-6H3. The van der Waals surface area contributed by atoms with Gasteiger partial charge >= 0.3 is 0 Å². The summed E-state index contributed by atoms with van der Waals surface area (Å²) in [5, 5.41) is 8.12. The summed E-state index contributed by atoms with van der Waals surface area (Å²) in [6.07, 6.45) is 3.04. The van der Waals surface area contributed by atoms with Crippen molar-refractivity contribution in [2.45, 2.75) is 58.6 Å².